The molecule has 3 aromatic rings. The van der Waals surface area contributed by atoms with Gasteiger partial charge < -0.3 is 19.5 Å². The molecule has 1 aromatic heterocycles. The number of nitrogens with one attached hydrogen (secondary N) is 1. The molecule has 1 amide bonds. The van der Waals surface area contributed by atoms with Crippen molar-refractivity contribution in [3.8, 4) is 5.75 Å². The van der Waals surface area contributed by atoms with E-state index in [2.05, 4.69) is 33.4 Å². The highest BCUT2D eigenvalue weighted by Gasteiger charge is 2.19. The van der Waals surface area contributed by atoms with Crippen LogP contribution >= 0.6 is 11.3 Å². The van der Waals surface area contributed by atoms with E-state index in [0.29, 0.717) is 13.1 Å². The molecule has 3 rings (SSSR count). The van der Waals surface area contributed by atoms with Crippen molar-refractivity contribution < 1.29 is 18.3 Å². The van der Waals surface area contributed by atoms with Gasteiger partial charge in [-0.1, -0.05) is 42.5 Å². The highest BCUT2D eigenvalue weighted by Crippen LogP contribution is 2.27. The van der Waals surface area contributed by atoms with Gasteiger partial charge in [0.15, 0.2) is 16.2 Å². The third kappa shape index (κ3) is 6.61. The first-order valence-corrected chi connectivity index (χ1v) is 11.8. The maximum Gasteiger partial charge on any atom is 0.271 e. The Morgan fingerprint density at radius 1 is 1.19 bits per heavy atom. The highest BCUT2D eigenvalue weighted by molar-refractivity contribution is 7.79. The van der Waals surface area contributed by atoms with Gasteiger partial charge in [0.05, 0.1) is 7.11 Å². The number of carbonyl (C=O) groups is 1. The van der Waals surface area contributed by atoms with Crippen LogP contribution in [0.4, 0.5) is 5.13 Å². The van der Waals surface area contributed by atoms with E-state index in [9.17, 15) is 9.00 Å². The Hall–Kier alpha value is -2.75. The lowest BCUT2D eigenvalue weighted by Crippen LogP contribution is -2.28. The molecule has 0 aliphatic heterocycles. The van der Waals surface area contributed by atoms with Crippen LogP contribution in [-0.2, 0) is 24.0 Å². The lowest BCUT2D eigenvalue weighted by atomic mass is 10.1. The SMILES string of the molecule is COc1cccc(CCN(Cc2ccccc2)c2nc(C(=O)NCS(=O)O)c(C)s2)c1. The molecule has 164 valence electrons. The quantitative estimate of drug-likeness (QED) is 0.450. The summed E-state index contributed by atoms with van der Waals surface area (Å²) in [5, 5.41) is 3.17. The van der Waals surface area contributed by atoms with E-state index >= 15 is 0 Å². The maximum atomic E-state index is 12.4. The first kappa shape index (κ1) is 22.9. The number of aromatic nitrogens is 1. The number of anilines is 1. The Morgan fingerprint density at radius 2 is 1.94 bits per heavy atom. The van der Waals surface area contributed by atoms with Crippen molar-refractivity contribution in [3.63, 3.8) is 0 Å². The highest BCUT2D eigenvalue weighted by atomic mass is 32.2. The summed E-state index contributed by atoms with van der Waals surface area (Å²) in [5.74, 6) is 0.0432. The lowest BCUT2D eigenvalue weighted by molar-refractivity contribution is 0.0955. The molecular weight excluding hydrogens is 434 g/mol. The van der Waals surface area contributed by atoms with Gasteiger partial charge in [0.1, 0.15) is 17.3 Å². The Bertz CT molecular complexity index is 1040. The first-order valence-electron chi connectivity index (χ1n) is 9.71. The number of aryl methyl sites for hydroxylation is 1. The number of carbonyl (C=O) groups excluding carboxylic acids is 1. The number of methoxy groups -OCH3 is 1. The second-order valence-electron chi connectivity index (χ2n) is 6.88. The second-order valence-corrected chi connectivity index (χ2v) is 8.99. The van der Waals surface area contributed by atoms with Crippen LogP contribution in [-0.4, -0.2) is 39.2 Å². The van der Waals surface area contributed by atoms with Crippen LogP contribution in [0, 0.1) is 6.92 Å². The third-order valence-electron chi connectivity index (χ3n) is 4.65. The zero-order chi connectivity index (χ0) is 22.2. The van der Waals surface area contributed by atoms with E-state index < -0.39 is 17.0 Å². The fraction of sp³-hybridized carbons (Fsp3) is 0.273. The minimum atomic E-state index is -2.10. The van der Waals surface area contributed by atoms with Gasteiger partial charge in [0.25, 0.3) is 5.91 Å². The number of hydrogen-bond acceptors (Lipinski definition) is 6. The van der Waals surface area contributed by atoms with Gasteiger partial charge in [-0.15, -0.1) is 11.3 Å². The zero-order valence-electron chi connectivity index (χ0n) is 17.4. The Labute approximate surface area is 188 Å². The molecule has 0 aliphatic rings. The van der Waals surface area contributed by atoms with Crippen molar-refractivity contribution in [2.24, 2.45) is 0 Å². The minimum absolute atomic E-state index is 0.282. The molecule has 0 saturated carbocycles. The van der Waals surface area contributed by atoms with Crippen LogP contribution < -0.4 is 15.0 Å². The maximum absolute atomic E-state index is 12.4. The lowest BCUT2D eigenvalue weighted by Gasteiger charge is -2.22. The van der Waals surface area contributed by atoms with Crippen LogP contribution in [0.15, 0.2) is 54.6 Å². The molecular formula is C22H25N3O4S2. The Balaban J connectivity index is 1.81. The molecule has 1 unspecified atom stereocenters. The van der Waals surface area contributed by atoms with E-state index in [1.54, 1.807) is 7.11 Å². The van der Waals surface area contributed by atoms with Gasteiger partial charge >= 0.3 is 0 Å². The number of thiazole rings is 1. The summed E-state index contributed by atoms with van der Waals surface area (Å²) >= 11 is -0.661. The van der Waals surface area contributed by atoms with Gasteiger partial charge in [0, 0.05) is 18.0 Å². The van der Waals surface area contributed by atoms with Crippen molar-refractivity contribution in [3.05, 3.63) is 76.3 Å². The van der Waals surface area contributed by atoms with Crippen molar-refractivity contribution in [1.82, 2.24) is 10.3 Å². The fourth-order valence-corrected chi connectivity index (χ4v) is 4.26. The van der Waals surface area contributed by atoms with Gasteiger partial charge in [0.2, 0.25) is 0 Å². The number of ether oxygens (including phenoxy) is 1. The van der Waals surface area contributed by atoms with Crippen LogP contribution in [0.2, 0.25) is 0 Å². The molecule has 0 spiro atoms. The molecule has 9 heteroatoms. The van der Waals surface area contributed by atoms with E-state index in [-0.39, 0.29) is 11.6 Å². The molecule has 1 heterocycles. The van der Waals surface area contributed by atoms with Crippen molar-refractivity contribution in [2.45, 2.75) is 19.9 Å². The summed E-state index contributed by atoms with van der Waals surface area (Å²) in [5.41, 5.74) is 2.57. The number of amides is 1. The molecule has 0 radical (unpaired) electrons. The molecule has 0 saturated heterocycles. The standard InChI is InChI=1S/C22H25N3O4S2/c1-16-20(21(26)23-15-31(27)28)24-22(30-16)25(14-18-7-4-3-5-8-18)12-11-17-9-6-10-19(13-17)29-2/h3-10,13H,11-12,14-15H2,1-2H3,(H,23,26)(H,27,28). The molecule has 0 aliphatic carbocycles. The first-order chi connectivity index (χ1) is 15.0. The Morgan fingerprint density at radius 3 is 2.65 bits per heavy atom. The van der Waals surface area contributed by atoms with Crippen LogP contribution in [0.3, 0.4) is 0 Å². The molecule has 0 bridgehead atoms. The van der Waals surface area contributed by atoms with Crippen LogP contribution in [0.5, 0.6) is 5.75 Å². The zero-order valence-corrected chi connectivity index (χ0v) is 19.0. The molecule has 7 nitrogen and oxygen atoms in total. The Kier molecular flexibility index (Phi) is 8.16. The summed E-state index contributed by atoms with van der Waals surface area (Å²) in [6.07, 6.45) is 0.785. The predicted octanol–water partition coefficient (Wildman–Crippen LogP) is 3.62. The normalized spacial score (nSPS) is 11.7. The van der Waals surface area contributed by atoms with Crippen molar-refractivity contribution in [1.29, 1.82) is 0 Å². The van der Waals surface area contributed by atoms with E-state index in [4.69, 9.17) is 9.29 Å². The summed E-state index contributed by atoms with van der Waals surface area (Å²) in [6, 6.07) is 18.0. The van der Waals surface area contributed by atoms with Crippen molar-refractivity contribution >= 4 is 33.5 Å². The largest absolute Gasteiger partial charge is 0.497 e. The minimum Gasteiger partial charge on any atom is -0.497 e. The van der Waals surface area contributed by atoms with E-state index in [1.165, 1.54) is 11.3 Å². The fourth-order valence-electron chi connectivity index (χ4n) is 3.08. The van der Waals surface area contributed by atoms with Gasteiger partial charge in [-0.05, 0) is 36.6 Å². The predicted molar refractivity (Wildman–Crippen MR) is 124 cm³/mol. The summed E-state index contributed by atoms with van der Waals surface area (Å²) in [4.78, 5) is 19.8. The topological polar surface area (TPSA) is 91.8 Å². The molecule has 2 aromatic carbocycles. The van der Waals surface area contributed by atoms with Gasteiger partial charge in [-0.2, -0.15) is 0 Å². The van der Waals surface area contributed by atoms with E-state index in [1.807, 2.05) is 43.3 Å². The third-order valence-corrected chi connectivity index (χ3v) is 6.07. The summed E-state index contributed by atoms with van der Waals surface area (Å²) in [6.45, 7) is 3.19. The number of hydrogen-bond donors (Lipinski definition) is 2. The smallest absolute Gasteiger partial charge is 0.271 e. The van der Waals surface area contributed by atoms with Crippen molar-refractivity contribution in [2.75, 3.05) is 24.4 Å². The monoisotopic (exact) mass is 459 g/mol. The molecule has 31 heavy (non-hydrogen) atoms. The van der Waals surface area contributed by atoms with Gasteiger partial charge in [-0.25, -0.2) is 9.19 Å². The van der Waals surface area contributed by atoms with Gasteiger partial charge in [-0.3, -0.25) is 4.79 Å². The van der Waals surface area contributed by atoms with Crippen LogP contribution in [0.25, 0.3) is 0 Å². The number of benzene rings is 2. The second kappa shape index (κ2) is 11.0. The van der Waals surface area contributed by atoms with Crippen LogP contribution in [0.1, 0.15) is 26.5 Å². The summed E-state index contributed by atoms with van der Waals surface area (Å²) < 4.78 is 25.1. The number of nitrogens with zero attached hydrogens (tertiary/aromatic N) is 2. The molecule has 0 fully saturated rings. The molecule has 2 N–H and O–H groups in total. The van der Waals surface area contributed by atoms with E-state index in [0.717, 1.165) is 33.3 Å². The summed E-state index contributed by atoms with van der Waals surface area (Å²) in [7, 11) is 1.65. The average molecular weight is 460 g/mol. The number of rotatable bonds is 10. The average Bonchev–Trinajstić information content (AvgIpc) is 3.17. The molecule has 1 atom stereocenters.